The molecule has 2 aromatic rings. The number of ether oxygens (including phenoxy) is 1. The molecule has 3 fully saturated rings. The molecule has 3 heterocycles. The van der Waals surface area contributed by atoms with E-state index in [0.29, 0.717) is 17.8 Å². The average molecular weight is 388 g/mol. The molecule has 7 heteroatoms. The lowest BCUT2D eigenvalue weighted by Crippen LogP contribution is -2.37. The third-order valence-corrected chi connectivity index (χ3v) is 6.54. The summed E-state index contributed by atoms with van der Waals surface area (Å²) in [5, 5.41) is 2.70. The highest BCUT2D eigenvalue weighted by Gasteiger charge is 2.72. The fraction of sp³-hybridized carbons (Fsp3) is 0.429. The van der Waals surface area contributed by atoms with Gasteiger partial charge >= 0.3 is 6.18 Å². The minimum Gasteiger partial charge on any atom is -0.373 e. The van der Waals surface area contributed by atoms with Crippen LogP contribution in [0.4, 0.5) is 18.9 Å². The zero-order chi connectivity index (χ0) is 19.6. The van der Waals surface area contributed by atoms with Gasteiger partial charge in [-0.25, -0.2) is 0 Å². The van der Waals surface area contributed by atoms with Gasteiger partial charge in [0.1, 0.15) is 0 Å². The van der Waals surface area contributed by atoms with Crippen molar-refractivity contribution in [2.24, 2.45) is 23.7 Å². The van der Waals surface area contributed by atoms with Gasteiger partial charge in [-0.2, -0.15) is 13.2 Å². The normalized spacial score (nSPS) is 35.5. The molecular formula is C21H19F3N2O2. The summed E-state index contributed by atoms with van der Waals surface area (Å²) < 4.78 is 45.1. The monoisotopic (exact) mass is 388 g/mol. The predicted octanol–water partition coefficient (Wildman–Crippen LogP) is 4.10. The van der Waals surface area contributed by atoms with Crippen molar-refractivity contribution in [2.45, 2.75) is 31.2 Å². The number of pyridine rings is 1. The number of amides is 1. The molecule has 3 unspecified atom stereocenters. The van der Waals surface area contributed by atoms with E-state index in [4.69, 9.17) is 4.74 Å². The van der Waals surface area contributed by atoms with E-state index in [9.17, 15) is 18.0 Å². The van der Waals surface area contributed by atoms with Crippen molar-refractivity contribution in [3.63, 3.8) is 0 Å². The van der Waals surface area contributed by atoms with Crippen LogP contribution in [0.15, 0.2) is 48.8 Å². The Morgan fingerprint density at radius 3 is 2.54 bits per heavy atom. The number of hydrogen-bond acceptors (Lipinski definition) is 3. The highest BCUT2D eigenvalue weighted by atomic mass is 19.4. The molecule has 1 aromatic carbocycles. The summed E-state index contributed by atoms with van der Waals surface area (Å²) in [6, 6.07) is 8.52. The Bertz CT molecular complexity index is 917. The van der Waals surface area contributed by atoms with Gasteiger partial charge in [-0.15, -0.1) is 0 Å². The molecule has 5 rings (SSSR count). The zero-order valence-corrected chi connectivity index (χ0v) is 15.1. The number of carbonyl (C=O) groups excluding carboxylic acids is 1. The van der Waals surface area contributed by atoms with Crippen LogP contribution in [0.2, 0.25) is 0 Å². The predicted molar refractivity (Wildman–Crippen MR) is 95.3 cm³/mol. The van der Waals surface area contributed by atoms with Crippen molar-refractivity contribution in [1.82, 2.24) is 4.98 Å². The number of anilines is 1. The molecule has 2 saturated heterocycles. The number of alkyl halides is 3. The average Bonchev–Trinajstić information content (AvgIpc) is 3.03. The van der Waals surface area contributed by atoms with E-state index in [-0.39, 0.29) is 29.7 Å². The third kappa shape index (κ3) is 2.64. The van der Waals surface area contributed by atoms with Gasteiger partial charge in [-0.1, -0.05) is 13.0 Å². The van der Waals surface area contributed by atoms with Gasteiger partial charge in [-0.05, 0) is 53.6 Å². The second kappa shape index (κ2) is 6.04. The van der Waals surface area contributed by atoms with Crippen LogP contribution < -0.4 is 5.32 Å². The lowest BCUT2D eigenvalue weighted by atomic mass is 9.75. The van der Waals surface area contributed by atoms with Gasteiger partial charge in [0.25, 0.3) is 0 Å². The van der Waals surface area contributed by atoms with Gasteiger partial charge in [-0.3, -0.25) is 9.78 Å². The van der Waals surface area contributed by atoms with Gasteiger partial charge in [0.2, 0.25) is 5.91 Å². The van der Waals surface area contributed by atoms with Crippen LogP contribution in [-0.2, 0) is 15.7 Å². The first-order valence-electron chi connectivity index (χ1n) is 9.40. The molecule has 0 spiro atoms. The molecular weight excluding hydrogens is 369 g/mol. The number of carbonyl (C=O) groups is 1. The first-order chi connectivity index (χ1) is 13.4. The van der Waals surface area contributed by atoms with Crippen LogP contribution >= 0.6 is 0 Å². The summed E-state index contributed by atoms with van der Waals surface area (Å²) in [5.74, 6) is 0.518. The number of nitrogens with one attached hydrogen (secondary N) is 1. The van der Waals surface area contributed by atoms with E-state index in [1.165, 1.54) is 12.1 Å². The molecule has 0 radical (unpaired) electrons. The van der Waals surface area contributed by atoms with E-state index in [0.717, 1.165) is 17.7 Å². The second-order valence-electron chi connectivity index (χ2n) is 7.98. The van der Waals surface area contributed by atoms with Crippen molar-refractivity contribution < 1.29 is 22.7 Å². The Morgan fingerprint density at radius 2 is 1.82 bits per heavy atom. The molecule has 1 aromatic heterocycles. The molecule has 1 N–H and O–H groups in total. The van der Waals surface area contributed by atoms with E-state index in [1.807, 2.05) is 12.1 Å². The van der Waals surface area contributed by atoms with Crippen LogP contribution in [0.5, 0.6) is 0 Å². The number of hydrogen-bond donors (Lipinski definition) is 1. The van der Waals surface area contributed by atoms with Crippen LogP contribution in [0.3, 0.4) is 0 Å². The standard InChI is InChI=1S/C21H19F3N2O2/c1-10-14-15(10)19-17(16(18(14)28-19)11-5-7-25-8-6-11)20(27)26-13-4-2-3-12(9-13)21(22,23)24/h2-10,14-19H,1H3,(H,26,27)/t10?,14?,15?,16-,17+,18+,19-/m1/s1. The number of benzene rings is 1. The number of rotatable bonds is 3. The van der Waals surface area contributed by atoms with Gasteiger partial charge < -0.3 is 10.1 Å². The van der Waals surface area contributed by atoms with E-state index >= 15 is 0 Å². The maximum absolute atomic E-state index is 13.1. The highest BCUT2D eigenvalue weighted by molar-refractivity contribution is 5.94. The lowest BCUT2D eigenvalue weighted by Gasteiger charge is -2.27. The molecule has 7 atom stereocenters. The maximum atomic E-state index is 13.1. The Morgan fingerprint density at radius 1 is 1.11 bits per heavy atom. The number of fused-ring (bicyclic) bond motifs is 5. The third-order valence-electron chi connectivity index (χ3n) is 6.54. The largest absolute Gasteiger partial charge is 0.416 e. The van der Waals surface area contributed by atoms with Crippen LogP contribution in [0.1, 0.15) is 24.0 Å². The SMILES string of the molecule is CC1C2C1[C@@H]1O[C@H]2[C@@H](C(=O)Nc2cccc(C(F)(F)F)c2)[C@H]1c1ccncc1. The van der Waals surface area contributed by atoms with Crippen LogP contribution in [-0.4, -0.2) is 23.1 Å². The quantitative estimate of drug-likeness (QED) is 0.861. The highest BCUT2D eigenvalue weighted by Crippen LogP contribution is 2.68. The minimum absolute atomic E-state index is 0.0235. The Kier molecular flexibility index (Phi) is 3.81. The maximum Gasteiger partial charge on any atom is 0.416 e. The molecule has 2 aliphatic heterocycles. The number of nitrogens with zero attached hydrogens (tertiary/aromatic N) is 1. The first kappa shape index (κ1) is 17.7. The van der Waals surface area contributed by atoms with E-state index < -0.39 is 17.7 Å². The molecule has 4 nitrogen and oxygen atoms in total. The minimum atomic E-state index is -4.45. The van der Waals surface area contributed by atoms with E-state index in [1.54, 1.807) is 12.4 Å². The van der Waals surface area contributed by atoms with Crippen LogP contribution in [0, 0.1) is 23.7 Å². The number of aromatic nitrogens is 1. The van der Waals surface area contributed by atoms with Crippen molar-refractivity contribution in [1.29, 1.82) is 0 Å². The lowest BCUT2D eigenvalue weighted by molar-refractivity contribution is -0.137. The number of halogens is 3. The summed E-state index contributed by atoms with van der Waals surface area (Å²) in [7, 11) is 0. The molecule has 1 amide bonds. The van der Waals surface area contributed by atoms with Gasteiger partial charge in [0.15, 0.2) is 0 Å². The summed E-state index contributed by atoms with van der Waals surface area (Å²) in [5.41, 5.74) is 0.358. The van der Waals surface area contributed by atoms with Crippen LogP contribution in [0.25, 0.3) is 0 Å². The van der Waals surface area contributed by atoms with Gasteiger partial charge in [0, 0.05) is 24.0 Å². The summed E-state index contributed by atoms with van der Waals surface area (Å²) >= 11 is 0. The summed E-state index contributed by atoms with van der Waals surface area (Å²) in [4.78, 5) is 17.2. The van der Waals surface area contributed by atoms with E-state index in [2.05, 4.69) is 17.2 Å². The smallest absolute Gasteiger partial charge is 0.373 e. The van der Waals surface area contributed by atoms with Crippen molar-refractivity contribution in [2.75, 3.05) is 5.32 Å². The molecule has 1 saturated carbocycles. The molecule has 28 heavy (non-hydrogen) atoms. The summed E-state index contributed by atoms with van der Waals surface area (Å²) in [6.07, 6.45) is -1.28. The molecule has 3 aliphatic rings. The Balaban J connectivity index is 1.43. The Hall–Kier alpha value is -2.41. The first-order valence-corrected chi connectivity index (χ1v) is 9.40. The van der Waals surface area contributed by atoms with Crippen molar-refractivity contribution in [3.8, 4) is 0 Å². The molecule has 1 aliphatic carbocycles. The summed E-state index contributed by atoms with van der Waals surface area (Å²) in [6.45, 7) is 2.18. The second-order valence-corrected chi connectivity index (χ2v) is 7.98. The van der Waals surface area contributed by atoms with Crippen molar-refractivity contribution in [3.05, 3.63) is 59.9 Å². The topological polar surface area (TPSA) is 51.2 Å². The van der Waals surface area contributed by atoms with Gasteiger partial charge in [0.05, 0.1) is 23.7 Å². The molecule has 2 bridgehead atoms. The fourth-order valence-electron chi connectivity index (χ4n) is 5.28. The van der Waals surface area contributed by atoms with Crippen molar-refractivity contribution >= 4 is 11.6 Å². The molecule has 146 valence electrons. The Labute approximate surface area is 160 Å². The zero-order valence-electron chi connectivity index (χ0n) is 15.1. The fourth-order valence-corrected chi connectivity index (χ4v) is 5.28.